The van der Waals surface area contributed by atoms with Crippen molar-refractivity contribution in [3.63, 3.8) is 0 Å². The Hall–Kier alpha value is -1.12. The Labute approximate surface area is 127 Å². The molecular weight excluding hydrogens is 262 g/mol. The van der Waals surface area contributed by atoms with Crippen LogP contribution in [0, 0.1) is 0 Å². The van der Waals surface area contributed by atoms with Crippen LogP contribution < -0.4 is 5.32 Å². The lowest BCUT2D eigenvalue weighted by molar-refractivity contribution is 0.604. The van der Waals surface area contributed by atoms with Crippen molar-refractivity contribution in [2.75, 3.05) is 6.54 Å². The smallest absolute Gasteiger partial charge is 0.0299 e. The maximum absolute atomic E-state index is 3.55. The van der Waals surface area contributed by atoms with Crippen LogP contribution in [-0.2, 0) is 18.4 Å². The quantitative estimate of drug-likeness (QED) is 0.755. The van der Waals surface area contributed by atoms with E-state index in [9.17, 15) is 0 Å². The molecule has 2 heteroatoms. The second kappa shape index (κ2) is 7.05. The largest absolute Gasteiger partial charge is 0.312 e. The first-order valence-corrected chi connectivity index (χ1v) is 8.21. The molecule has 0 fully saturated rings. The predicted octanol–water partition coefficient (Wildman–Crippen LogP) is 4.77. The SMILES string of the molecule is CC(C)(C)c1ccc(CNCCCc2ccccc2)s1. The molecule has 1 aromatic heterocycles. The van der Waals surface area contributed by atoms with Crippen LogP contribution in [0.15, 0.2) is 42.5 Å². The van der Waals surface area contributed by atoms with Gasteiger partial charge < -0.3 is 5.32 Å². The fourth-order valence-electron chi connectivity index (χ4n) is 2.15. The summed E-state index contributed by atoms with van der Waals surface area (Å²) in [7, 11) is 0. The third-order valence-corrected chi connectivity index (χ3v) is 4.87. The van der Waals surface area contributed by atoms with Crippen LogP contribution in [0.5, 0.6) is 0 Å². The molecule has 20 heavy (non-hydrogen) atoms. The first-order valence-electron chi connectivity index (χ1n) is 7.39. The summed E-state index contributed by atoms with van der Waals surface area (Å²) < 4.78 is 0. The van der Waals surface area contributed by atoms with E-state index >= 15 is 0 Å². The lowest BCUT2D eigenvalue weighted by atomic mass is 9.95. The summed E-state index contributed by atoms with van der Waals surface area (Å²) in [4.78, 5) is 2.91. The Morgan fingerprint density at radius 2 is 1.75 bits per heavy atom. The molecule has 1 N–H and O–H groups in total. The number of hydrogen-bond acceptors (Lipinski definition) is 2. The van der Waals surface area contributed by atoms with Crippen molar-refractivity contribution < 1.29 is 0 Å². The first-order chi connectivity index (χ1) is 9.55. The van der Waals surface area contributed by atoms with Gasteiger partial charge in [0.25, 0.3) is 0 Å². The van der Waals surface area contributed by atoms with E-state index in [1.807, 2.05) is 11.3 Å². The standard InChI is InChI=1S/C18H25NS/c1-18(2,3)17-12-11-16(20-17)14-19-13-7-10-15-8-5-4-6-9-15/h4-6,8-9,11-12,19H,7,10,13-14H2,1-3H3. The monoisotopic (exact) mass is 287 g/mol. The van der Waals surface area contributed by atoms with Crippen LogP contribution in [0.4, 0.5) is 0 Å². The number of benzene rings is 1. The van der Waals surface area contributed by atoms with Crippen molar-refractivity contribution in [3.8, 4) is 0 Å². The molecule has 0 bridgehead atoms. The van der Waals surface area contributed by atoms with E-state index < -0.39 is 0 Å². The molecule has 0 radical (unpaired) electrons. The molecule has 0 unspecified atom stereocenters. The lowest BCUT2D eigenvalue weighted by Crippen LogP contribution is -2.14. The molecular formula is C18H25NS. The van der Waals surface area contributed by atoms with Crippen LogP contribution in [0.2, 0.25) is 0 Å². The minimum atomic E-state index is 0.274. The average Bonchev–Trinajstić information content (AvgIpc) is 2.88. The highest BCUT2D eigenvalue weighted by molar-refractivity contribution is 7.12. The molecule has 2 rings (SSSR count). The van der Waals surface area contributed by atoms with E-state index in [2.05, 4.69) is 68.6 Å². The Balaban J connectivity index is 1.67. The molecule has 0 aliphatic rings. The number of nitrogens with one attached hydrogen (secondary N) is 1. The van der Waals surface area contributed by atoms with Crippen molar-refractivity contribution in [1.82, 2.24) is 5.32 Å². The van der Waals surface area contributed by atoms with Crippen molar-refractivity contribution in [1.29, 1.82) is 0 Å². The topological polar surface area (TPSA) is 12.0 Å². The second-order valence-electron chi connectivity index (χ2n) is 6.28. The molecule has 2 aromatic rings. The van der Waals surface area contributed by atoms with E-state index in [0.29, 0.717) is 0 Å². The van der Waals surface area contributed by atoms with E-state index in [0.717, 1.165) is 19.5 Å². The van der Waals surface area contributed by atoms with E-state index in [-0.39, 0.29) is 5.41 Å². The van der Waals surface area contributed by atoms with Gasteiger partial charge in [0, 0.05) is 16.3 Å². The maximum Gasteiger partial charge on any atom is 0.0299 e. The minimum Gasteiger partial charge on any atom is -0.312 e. The van der Waals surface area contributed by atoms with Gasteiger partial charge in [-0.3, -0.25) is 0 Å². The van der Waals surface area contributed by atoms with Gasteiger partial charge in [0.1, 0.15) is 0 Å². The Morgan fingerprint density at radius 1 is 1.00 bits per heavy atom. The molecule has 1 aromatic carbocycles. The predicted molar refractivity (Wildman–Crippen MR) is 89.5 cm³/mol. The molecule has 1 nitrogen and oxygen atoms in total. The second-order valence-corrected chi connectivity index (χ2v) is 7.45. The first kappa shape index (κ1) is 15.3. The van der Waals surface area contributed by atoms with Crippen LogP contribution >= 0.6 is 11.3 Å². The number of aryl methyl sites for hydroxylation is 1. The zero-order valence-corrected chi connectivity index (χ0v) is 13.6. The van der Waals surface area contributed by atoms with Gasteiger partial charge in [0.15, 0.2) is 0 Å². The summed E-state index contributed by atoms with van der Waals surface area (Å²) >= 11 is 1.93. The van der Waals surface area contributed by atoms with E-state index in [1.54, 1.807) is 0 Å². The average molecular weight is 287 g/mol. The molecule has 1 heterocycles. The molecule has 0 spiro atoms. The zero-order valence-electron chi connectivity index (χ0n) is 12.8. The number of rotatable bonds is 6. The molecule has 0 amide bonds. The summed E-state index contributed by atoms with van der Waals surface area (Å²) in [6.45, 7) is 8.90. The molecule has 0 saturated carbocycles. The third-order valence-electron chi connectivity index (χ3n) is 3.36. The van der Waals surface area contributed by atoms with Gasteiger partial charge in [-0.15, -0.1) is 11.3 Å². The van der Waals surface area contributed by atoms with Crippen molar-refractivity contribution in [3.05, 3.63) is 57.8 Å². The fourth-order valence-corrected chi connectivity index (χ4v) is 3.18. The minimum absolute atomic E-state index is 0.274. The summed E-state index contributed by atoms with van der Waals surface area (Å²) in [5, 5.41) is 3.55. The van der Waals surface area contributed by atoms with Gasteiger partial charge in [-0.1, -0.05) is 51.1 Å². The van der Waals surface area contributed by atoms with Crippen molar-refractivity contribution >= 4 is 11.3 Å². The fraction of sp³-hybridized carbons (Fsp3) is 0.444. The molecule has 0 aliphatic carbocycles. The summed E-state index contributed by atoms with van der Waals surface area (Å²) in [5.74, 6) is 0. The van der Waals surface area contributed by atoms with Gasteiger partial charge in [-0.25, -0.2) is 0 Å². The Kier molecular flexibility index (Phi) is 5.38. The Morgan fingerprint density at radius 3 is 2.40 bits per heavy atom. The summed E-state index contributed by atoms with van der Waals surface area (Å²) in [6, 6.07) is 15.2. The highest BCUT2D eigenvalue weighted by Gasteiger charge is 2.15. The highest BCUT2D eigenvalue weighted by atomic mass is 32.1. The van der Waals surface area contributed by atoms with Gasteiger partial charge in [-0.2, -0.15) is 0 Å². The van der Waals surface area contributed by atoms with E-state index in [4.69, 9.17) is 0 Å². The summed E-state index contributed by atoms with van der Waals surface area (Å²) in [6.07, 6.45) is 2.35. The van der Waals surface area contributed by atoms with Crippen LogP contribution in [0.1, 0.15) is 42.5 Å². The third kappa shape index (κ3) is 4.77. The molecule has 108 valence electrons. The summed E-state index contributed by atoms with van der Waals surface area (Å²) in [5.41, 5.74) is 1.70. The van der Waals surface area contributed by atoms with Crippen molar-refractivity contribution in [2.45, 2.75) is 45.6 Å². The van der Waals surface area contributed by atoms with Crippen LogP contribution in [0.25, 0.3) is 0 Å². The zero-order chi connectivity index (χ0) is 14.4. The van der Waals surface area contributed by atoms with Crippen LogP contribution in [0.3, 0.4) is 0 Å². The van der Waals surface area contributed by atoms with Crippen LogP contribution in [-0.4, -0.2) is 6.54 Å². The molecule has 0 saturated heterocycles. The van der Waals surface area contributed by atoms with Gasteiger partial charge in [0.2, 0.25) is 0 Å². The van der Waals surface area contributed by atoms with Gasteiger partial charge >= 0.3 is 0 Å². The lowest BCUT2D eigenvalue weighted by Gasteiger charge is -2.15. The number of thiophene rings is 1. The van der Waals surface area contributed by atoms with E-state index in [1.165, 1.54) is 21.7 Å². The van der Waals surface area contributed by atoms with Gasteiger partial charge in [0.05, 0.1) is 0 Å². The van der Waals surface area contributed by atoms with Gasteiger partial charge in [-0.05, 0) is 42.5 Å². The highest BCUT2D eigenvalue weighted by Crippen LogP contribution is 2.29. The maximum atomic E-state index is 3.55. The number of hydrogen-bond donors (Lipinski definition) is 1. The molecule has 0 aliphatic heterocycles. The van der Waals surface area contributed by atoms with Crippen molar-refractivity contribution in [2.24, 2.45) is 0 Å². The normalized spacial score (nSPS) is 11.8. The molecule has 0 atom stereocenters. The Bertz CT molecular complexity index is 508.